The van der Waals surface area contributed by atoms with Crippen LogP contribution in [0.5, 0.6) is 0 Å². The molecule has 2 unspecified atom stereocenters. The zero-order valence-electron chi connectivity index (χ0n) is 24.2. The Bertz CT molecular complexity index is 1670. The number of nitrogens with zero attached hydrogens (tertiary/aromatic N) is 1. The van der Waals surface area contributed by atoms with Crippen LogP contribution in [-0.2, 0) is 14.3 Å². The fourth-order valence-electron chi connectivity index (χ4n) is 5.88. The Labute approximate surface area is 254 Å². The van der Waals surface area contributed by atoms with Gasteiger partial charge in [0.2, 0.25) is 11.8 Å². The summed E-state index contributed by atoms with van der Waals surface area (Å²) in [5.74, 6) is -2.23. The minimum absolute atomic E-state index is 0.0755. The average Bonchev–Trinajstić information content (AvgIpc) is 3.00. The van der Waals surface area contributed by atoms with Gasteiger partial charge in [-0.25, -0.2) is 9.18 Å². The Balaban J connectivity index is 1.56. The maximum atomic E-state index is 15.2. The molecule has 2 amide bonds. The van der Waals surface area contributed by atoms with Gasteiger partial charge in [0, 0.05) is 40.9 Å². The number of rotatable bonds is 4. The van der Waals surface area contributed by atoms with Gasteiger partial charge in [0.25, 0.3) is 0 Å². The van der Waals surface area contributed by atoms with E-state index in [1.807, 2.05) is 31.2 Å². The van der Waals surface area contributed by atoms with Crippen molar-refractivity contribution in [2.45, 2.75) is 45.6 Å². The second-order valence-corrected chi connectivity index (χ2v) is 11.4. The van der Waals surface area contributed by atoms with Crippen molar-refractivity contribution >= 4 is 46.4 Å². The Morgan fingerprint density at radius 2 is 1.86 bits per heavy atom. The lowest BCUT2D eigenvalue weighted by molar-refractivity contribution is -0.129. The topological polar surface area (TPSA) is 92.8 Å². The minimum atomic E-state index is -0.710. The molecule has 2 heterocycles. The summed E-state index contributed by atoms with van der Waals surface area (Å²) >= 11 is 6.05. The van der Waals surface area contributed by atoms with E-state index in [2.05, 4.69) is 5.32 Å². The highest BCUT2D eigenvalue weighted by molar-refractivity contribution is 6.31. The lowest BCUT2D eigenvalue weighted by atomic mass is 9.89. The molecule has 0 aliphatic carbocycles. The molecule has 9 heteroatoms. The highest BCUT2D eigenvalue weighted by Gasteiger charge is 2.31. The molecule has 7 nitrogen and oxygen atoms in total. The second kappa shape index (κ2) is 12.5. The Hall–Kier alpha value is -4.30. The first-order chi connectivity index (χ1) is 20.6. The normalized spacial score (nSPS) is 18.9. The fraction of sp³-hybridized carbons (Fsp3) is 0.294. The third-order valence-corrected chi connectivity index (χ3v) is 8.51. The van der Waals surface area contributed by atoms with E-state index in [-0.39, 0.29) is 45.7 Å². The third-order valence-electron chi connectivity index (χ3n) is 8.22. The molecule has 0 fully saturated rings. The monoisotopic (exact) mass is 602 g/mol. The van der Waals surface area contributed by atoms with Crippen molar-refractivity contribution in [3.05, 3.63) is 93.8 Å². The van der Waals surface area contributed by atoms with Crippen LogP contribution in [0.15, 0.2) is 60.7 Å². The lowest BCUT2D eigenvalue weighted by Gasteiger charge is -2.35. The number of benzene rings is 3. The third kappa shape index (κ3) is 6.11. The second-order valence-electron chi connectivity index (χ2n) is 11.0. The number of fused-ring (bicyclic) bond motifs is 4. The summed E-state index contributed by atoms with van der Waals surface area (Å²) in [7, 11) is 1.31. The Morgan fingerprint density at radius 3 is 2.58 bits per heavy atom. The Morgan fingerprint density at radius 1 is 1.07 bits per heavy atom. The molecule has 0 saturated carbocycles. The van der Waals surface area contributed by atoms with Crippen LogP contribution in [0.1, 0.15) is 77.4 Å². The van der Waals surface area contributed by atoms with E-state index in [4.69, 9.17) is 16.3 Å². The first kappa shape index (κ1) is 30.2. The molecule has 0 radical (unpaired) electrons. The zero-order chi connectivity index (χ0) is 30.8. The van der Waals surface area contributed by atoms with Gasteiger partial charge in [-0.15, -0.1) is 0 Å². The van der Waals surface area contributed by atoms with Gasteiger partial charge < -0.3 is 15.0 Å². The molecule has 5 rings (SSSR count). The highest BCUT2D eigenvalue weighted by Crippen LogP contribution is 2.38. The lowest BCUT2D eigenvalue weighted by Crippen LogP contribution is -2.37. The van der Waals surface area contributed by atoms with Crippen LogP contribution in [0.4, 0.5) is 10.1 Å². The molecule has 3 aromatic rings. The van der Waals surface area contributed by atoms with E-state index < -0.39 is 11.8 Å². The highest BCUT2D eigenvalue weighted by atomic mass is 35.5. The molecule has 2 atom stereocenters. The van der Waals surface area contributed by atoms with Crippen molar-refractivity contribution in [1.82, 2.24) is 4.90 Å². The minimum Gasteiger partial charge on any atom is -0.465 e. The van der Waals surface area contributed by atoms with Crippen LogP contribution in [0.2, 0.25) is 5.02 Å². The molecule has 43 heavy (non-hydrogen) atoms. The maximum absolute atomic E-state index is 15.2. The summed E-state index contributed by atoms with van der Waals surface area (Å²) in [6, 6.07) is 15.2. The van der Waals surface area contributed by atoms with Crippen LogP contribution >= 0.6 is 11.6 Å². The molecule has 222 valence electrons. The Kier molecular flexibility index (Phi) is 8.78. The van der Waals surface area contributed by atoms with E-state index >= 15 is 4.39 Å². The summed E-state index contributed by atoms with van der Waals surface area (Å²) in [6.07, 6.45) is 3.64. The number of methoxy groups -OCH3 is 1. The van der Waals surface area contributed by atoms with E-state index in [9.17, 15) is 19.2 Å². The van der Waals surface area contributed by atoms with Gasteiger partial charge in [-0.1, -0.05) is 43.1 Å². The van der Waals surface area contributed by atoms with Gasteiger partial charge >= 0.3 is 5.97 Å². The maximum Gasteiger partial charge on any atom is 0.337 e. The number of hydrogen-bond donors (Lipinski definition) is 1. The van der Waals surface area contributed by atoms with Crippen molar-refractivity contribution in [2.75, 3.05) is 19.0 Å². The number of carbonyl (C=O) groups is 4. The molecule has 0 spiro atoms. The van der Waals surface area contributed by atoms with Crippen molar-refractivity contribution in [3.63, 3.8) is 0 Å². The molecule has 3 aromatic carbocycles. The number of ketones is 1. The largest absolute Gasteiger partial charge is 0.465 e. The van der Waals surface area contributed by atoms with Crippen molar-refractivity contribution < 1.29 is 28.3 Å². The van der Waals surface area contributed by atoms with E-state index in [0.717, 1.165) is 11.1 Å². The fourth-order valence-corrected chi connectivity index (χ4v) is 6.03. The summed E-state index contributed by atoms with van der Waals surface area (Å²) in [4.78, 5) is 53.1. The number of halogens is 2. The number of carbonyl (C=O) groups excluding carboxylic acids is 4. The molecule has 1 N–H and O–H groups in total. The molecule has 0 saturated heterocycles. The van der Waals surface area contributed by atoms with Gasteiger partial charge in [-0.3, -0.25) is 14.4 Å². The number of ether oxygens (including phenoxy) is 1. The predicted octanol–water partition coefficient (Wildman–Crippen LogP) is 7.25. The van der Waals surface area contributed by atoms with Crippen LogP contribution in [0.3, 0.4) is 0 Å². The molecular weight excluding hydrogens is 571 g/mol. The van der Waals surface area contributed by atoms with Gasteiger partial charge in [0.15, 0.2) is 5.78 Å². The number of nitrogens with one attached hydrogen (secondary N) is 1. The van der Waals surface area contributed by atoms with Crippen LogP contribution in [0, 0.1) is 11.7 Å². The van der Waals surface area contributed by atoms with Crippen LogP contribution < -0.4 is 5.32 Å². The van der Waals surface area contributed by atoms with E-state index in [0.29, 0.717) is 54.6 Å². The molecule has 2 aliphatic rings. The number of hydrogen-bond acceptors (Lipinski definition) is 5. The number of anilines is 1. The smallest absolute Gasteiger partial charge is 0.337 e. The van der Waals surface area contributed by atoms with Crippen LogP contribution in [-0.4, -0.2) is 42.1 Å². The summed E-state index contributed by atoms with van der Waals surface area (Å²) in [5, 5.41) is 2.91. The number of amides is 2. The van der Waals surface area contributed by atoms with Crippen molar-refractivity contribution in [1.29, 1.82) is 0 Å². The number of Topliss-reactive ketones (excluding diaryl/α,β-unsaturated/α-hetero) is 1. The number of esters is 1. The van der Waals surface area contributed by atoms with E-state index in [1.54, 1.807) is 23.1 Å². The van der Waals surface area contributed by atoms with Gasteiger partial charge in [0.05, 0.1) is 23.7 Å². The molecule has 2 aliphatic heterocycles. The quantitative estimate of drug-likeness (QED) is 0.251. The summed E-state index contributed by atoms with van der Waals surface area (Å²) in [6.45, 7) is 3.53. The first-order valence-electron chi connectivity index (χ1n) is 14.2. The molecular formula is C34H32ClFN2O5. The zero-order valence-corrected chi connectivity index (χ0v) is 25.0. The summed E-state index contributed by atoms with van der Waals surface area (Å²) in [5.41, 5.74) is 3.94. The van der Waals surface area contributed by atoms with Crippen molar-refractivity contribution in [2.24, 2.45) is 5.92 Å². The van der Waals surface area contributed by atoms with Gasteiger partial charge in [-0.05, 0) is 79.3 Å². The predicted molar refractivity (Wildman–Crippen MR) is 163 cm³/mol. The molecule has 0 aromatic heterocycles. The van der Waals surface area contributed by atoms with Gasteiger partial charge in [-0.2, -0.15) is 0 Å². The standard InChI is InChI=1S/C34H32ClFN2O5/c1-19-6-4-9-29(38-15-14-23(18-30(38)40)31-25(20(2)39)11-12-27(35)32(31)36)22-8-5-7-21(16-22)26-17-24(34(42)43-3)10-13-28(26)37-33(19)41/h5,7-8,10-13,16-19,29H,4,6,9,14-15H2,1-3H3,(H,37,41). The van der Waals surface area contributed by atoms with Crippen LogP contribution in [0.25, 0.3) is 16.7 Å². The first-order valence-corrected chi connectivity index (χ1v) is 14.6. The van der Waals surface area contributed by atoms with Gasteiger partial charge in [0.1, 0.15) is 5.82 Å². The molecule has 2 bridgehead atoms. The average molecular weight is 603 g/mol. The van der Waals surface area contributed by atoms with Crippen molar-refractivity contribution in [3.8, 4) is 11.1 Å². The summed E-state index contributed by atoms with van der Waals surface area (Å²) < 4.78 is 20.1. The SMILES string of the molecule is COC(=O)c1ccc2c(c1)-c1cccc(c1)C(N1CCC(c3c(C(C)=O)ccc(Cl)c3F)=CC1=O)CCCC(C)C(=O)N2. The van der Waals surface area contributed by atoms with E-state index in [1.165, 1.54) is 32.2 Å².